The van der Waals surface area contributed by atoms with Crippen LogP contribution in [0.1, 0.15) is 17.2 Å². The summed E-state index contributed by atoms with van der Waals surface area (Å²) in [5, 5.41) is 10.8. The van der Waals surface area contributed by atoms with Gasteiger partial charge in [0.15, 0.2) is 0 Å². The van der Waals surface area contributed by atoms with Crippen molar-refractivity contribution in [2.45, 2.75) is 6.04 Å². The van der Waals surface area contributed by atoms with Crippen molar-refractivity contribution in [1.82, 2.24) is 4.90 Å². The van der Waals surface area contributed by atoms with E-state index in [4.69, 9.17) is 0 Å². The van der Waals surface area contributed by atoms with Gasteiger partial charge in [0, 0.05) is 16.6 Å². The molecule has 3 rings (SSSR count). The number of hydrogen-bond donors (Lipinski definition) is 1. The third-order valence-electron chi connectivity index (χ3n) is 4.10. The predicted octanol–water partition coefficient (Wildman–Crippen LogP) is 4.06. The van der Waals surface area contributed by atoms with Crippen molar-refractivity contribution in [3.05, 3.63) is 88.4 Å². The standard InChI is InChI=1S/C20H16BrNO3/c1-2-12-22-17(13-6-4-3-5-7-13)16(19(24)20(22)25)18(23)14-8-10-15(21)11-9-14/h2-11,17,23H,1,12H2/b18-16+/t17-/m1/s1. The molecule has 1 atom stereocenters. The fraction of sp³-hybridized carbons (Fsp3) is 0.100. The Hall–Kier alpha value is -2.66. The number of benzene rings is 2. The Labute approximate surface area is 154 Å². The van der Waals surface area contributed by atoms with Crippen LogP contribution in [0.25, 0.3) is 5.76 Å². The van der Waals surface area contributed by atoms with Crippen molar-refractivity contribution in [1.29, 1.82) is 0 Å². The molecule has 0 saturated carbocycles. The van der Waals surface area contributed by atoms with Gasteiger partial charge in [0.25, 0.3) is 11.7 Å². The fourth-order valence-electron chi connectivity index (χ4n) is 2.95. The first kappa shape index (κ1) is 17.2. The molecule has 0 unspecified atom stereocenters. The molecular weight excluding hydrogens is 382 g/mol. The zero-order valence-corrected chi connectivity index (χ0v) is 14.9. The molecule has 0 aromatic heterocycles. The highest BCUT2D eigenvalue weighted by Gasteiger charge is 2.45. The van der Waals surface area contributed by atoms with Gasteiger partial charge < -0.3 is 10.0 Å². The molecule has 1 saturated heterocycles. The van der Waals surface area contributed by atoms with E-state index in [1.165, 1.54) is 4.90 Å². The number of ketones is 1. The maximum Gasteiger partial charge on any atom is 0.295 e. The van der Waals surface area contributed by atoms with Crippen LogP contribution in [0.3, 0.4) is 0 Å². The van der Waals surface area contributed by atoms with E-state index in [1.54, 1.807) is 30.3 Å². The van der Waals surface area contributed by atoms with Crippen LogP contribution in [-0.2, 0) is 9.59 Å². The molecule has 1 heterocycles. The van der Waals surface area contributed by atoms with Crippen LogP contribution < -0.4 is 0 Å². The number of carbonyl (C=O) groups is 2. The number of nitrogens with zero attached hydrogens (tertiary/aromatic N) is 1. The molecule has 1 N–H and O–H groups in total. The van der Waals surface area contributed by atoms with Gasteiger partial charge in [0.1, 0.15) is 5.76 Å². The monoisotopic (exact) mass is 397 g/mol. The highest BCUT2D eigenvalue weighted by atomic mass is 79.9. The highest BCUT2D eigenvalue weighted by Crippen LogP contribution is 2.39. The van der Waals surface area contributed by atoms with E-state index in [1.807, 2.05) is 30.3 Å². The van der Waals surface area contributed by atoms with Gasteiger partial charge in [-0.25, -0.2) is 0 Å². The molecule has 1 aliphatic rings. The van der Waals surface area contributed by atoms with Gasteiger partial charge in [-0.2, -0.15) is 0 Å². The van der Waals surface area contributed by atoms with Gasteiger partial charge in [-0.1, -0.05) is 64.5 Å². The lowest BCUT2D eigenvalue weighted by Gasteiger charge is -2.24. The molecule has 0 radical (unpaired) electrons. The first-order chi connectivity index (χ1) is 12.0. The van der Waals surface area contributed by atoms with E-state index in [9.17, 15) is 14.7 Å². The summed E-state index contributed by atoms with van der Waals surface area (Å²) in [5.41, 5.74) is 1.35. The van der Waals surface area contributed by atoms with Crippen LogP contribution in [0.4, 0.5) is 0 Å². The number of likely N-dealkylation sites (tertiary alicyclic amines) is 1. The second-order valence-corrected chi connectivity index (χ2v) is 6.57. The molecule has 0 spiro atoms. The van der Waals surface area contributed by atoms with Gasteiger partial charge in [0.05, 0.1) is 11.6 Å². The quantitative estimate of drug-likeness (QED) is 0.366. The molecule has 4 nitrogen and oxygen atoms in total. The normalized spacial score (nSPS) is 19.2. The number of hydrogen-bond acceptors (Lipinski definition) is 3. The minimum Gasteiger partial charge on any atom is -0.507 e. The topological polar surface area (TPSA) is 57.6 Å². The molecule has 25 heavy (non-hydrogen) atoms. The number of amides is 1. The van der Waals surface area contributed by atoms with Crippen LogP contribution in [0, 0.1) is 0 Å². The highest BCUT2D eigenvalue weighted by molar-refractivity contribution is 9.10. The number of aliphatic hydroxyl groups excluding tert-OH is 1. The van der Waals surface area contributed by atoms with E-state index in [0.717, 1.165) is 10.0 Å². The minimum atomic E-state index is -0.684. The number of Topliss-reactive ketones (excluding diaryl/α,β-unsaturated/α-hetero) is 1. The number of aliphatic hydroxyl groups is 1. The molecule has 1 amide bonds. The first-order valence-electron chi connectivity index (χ1n) is 7.74. The van der Waals surface area contributed by atoms with E-state index in [-0.39, 0.29) is 17.9 Å². The second kappa shape index (κ2) is 7.07. The molecule has 1 fully saturated rings. The van der Waals surface area contributed by atoms with E-state index >= 15 is 0 Å². The smallest absolute Gasteiger partial charge is 0.295 e. The Morgan fingerprint density at radius 3 is 2.36 bits per heavy atom. The zero-order chi connectivity index (χ0) is 18.0. The molecule has 2 aromatic rings. The van der Waals surface area contributed by atoms with Crippen molar-refractivity contribution >= 4 is 33.4 Å². The summed E-state index contributed by atoms with van der Waals surface area (Å²) in [6.45, 7) is 3.88. The summed E-state index contributed by atoms with van der Waals surface area (Å²) in [6.07, 6.45) is 1.57. The molecule has 126 valence electrons. The van der Waals surface area contributed by atoms with Crippen LogP contribution >= 0.6 is 15.9 Å². The lowest BCUT2D eigenvalue weighted by molar-refractivity contribution is -0.139. The molecule has 0 aliphatic carbocycles. The van der Waals surface area contributed by atoms with Gasteiger partial charge in [-0.05, 0) is 17.7 Å². The summed E-state index contributed by atoms with van der Waals surface area (Å²) in [7, 11) is 0. The average molecular weight is 398 g/mol. The molecule has 1 aliphatic heterocycles. The Bertz CT molecular complexity index is 856. The lowest BCUT2D eigenvalue weighted by atomic mass is 9.95. The molecule has 2 aromatic carbocycles. The Balaban J connectivity index is 2.19. The summed E-state index contributed by atoms with van der Waals surface area (Å²) >= 11 is 3.34. The predicted molar refractivity (Wildman–Crippen MR) is 99.8 cm³/mol. The zero-order valence-electron chi connectivity index (χ0n) is 13.4. The van der Waals surface area contributed by atoms with Crippen molar-refractivity contribution < 1.29 is 14.7 Å². The van der Waals surface area contributed by atoms with Gasteiger partial charge in [-0.3, -0.25) is 9.59 Å². The molecule has 0 bridgehead atoms. The largest absolute Gasteiger partial charge is 0.507 e. The van der Waals surface area contributed by atoms with Crippen molar-refractivity contribution in [3.63, 3.8) is 0 Å². The Morgan fingerprint density at radius 1 is 1.12 bits per heavy atom. The summed E-state index contributed by atoms with van der Waals surface area (Å²) < 4.78 is 0.857. The van der Waals surface area contributed by atoms with Crippen LogP contribution in [-0.4, -0.2) is 28.2 Å². The average Bonchev–Trinajstić information content (AvgIpc) is 2.88. The molecule has 5 heteroatoms. The van der Waals surface area contributed by atoms with Gasteiger partial charge in [-0.15, -0.1) is 6.58 Å². The van der Waals surface area contributed by atoms with Crippen molar-refractivity contribution in [2.24, 2.45) is 0 Å². The number of rotatable bonds is 4. The SMILES string of the molecule is C=CCN1C(=O)C(=O)/C(=C(/O)c2ccc(Br)cc2)[C@H]1c1ccccc1. The Morgan fingerprint density at radius 2 is 1.76 bits per heavy atom. The maximum atomic E-state index is 12.6. The van der Waals surface area contributed by atoms with Gasteiger partial charge >= 0.3 is 0 Å². The second-order valence-electron chi connectivity index (χ2n) is 5.66. The van der Waals surface area contributed by atoms with Gasteiger partial charge in [0.2, 0.25) is 0 Å². The first-order valence-corrected chi connectivity index (χ1v) is 8.54. The van der Waals surface area contributed by atoms with Crippen LogP contribution in [0.15, 0.2) is 77.3 Å². The van der Waals surface area contributed by atoms with E-state index in [2.05, 4.69) is 22.5 Å². The van der Waals surface area contributed by atoms with Crippen molar-refractivity contribution in [3.8, 4) is 0 Å². The Kier molecular flexibility index (Phi) is 4.86. The fourth-order valence-corrected chi connectivity index (χ4v) is 3.22. The number of carbonyl (C=O) groups excluding carboxylic acids is 2. The van der Waals surface area contributed by atoms with E-state index < -0.39 is 17.7 Å². The van der Waals surface area contributed by atoms with E-state index in [0.29, 0.717) is 5.56 Å². The van der Waals surface area contributed by atoms with Crippen LogP contribution in [0.5, 0.6) is 0 Å². The third-order valence-corrected chi connectivity index (χ3v) is 4.63. The van der Waals surface area contributed by atoms with Crippen LogP contribution in [0.2, 0.25) is 0 Å². The number of halogens is 1. The van der Waals surface area contributed by atoms with Crippen molar-refractivity contribution in [2.75, 3.05) is 6.54 Å². The third kappa shape index (κ3) is 3.15. The summed E-state index contributed by atoms with van der Waals surface area (Å²) in [4.78, 5) is 26.5. The molecular formula is C20H16BrNO3. The summed E-state index contributed by atoms with van der Waals surface area (Å²) in [5.74, 6) is -1.49. The minimum absolute atomic E-state index is 0.0976. The lowest BCUT2D eigenvalue weighted by Crippen LogP contribution is -2.29. The summed E-state index contributed by atoms with van der Waals surface area (Å²) in [6, 6.07) is 15.5. The maximum absolute atomic E-state index is 12.6.